The molecule has 0 amide bonds. The lowest BCUT2D eigenvalue weighted by Gasteiger charge is -2.05. The Morgan fingerprint density at radius 1 is 1.15 bits per heavy atom. The quantitative estimate of drug-likeness (QED) is 0.729. The highest BCUT2D eigenvalue weighted by atomic mass is 16.3. The molecule has 0 bridgehead atoms. The second-order valence-corrected chi connectivity index (χ2v) is 4.44. The van der Waals surface area contributed by atoms with Gasteiger partial charge < -0.3 is 10.2 Å². The largest absolute Gasteiger partial charge is 0.461 e. The topological polar surface area (TPSA) is 81.7 Å². The van der Waals surface area contributed by atoms with Crippen LogP contribution in [0.2, 0.25) is 0 Å². The summed E-state index contributed by atoms with van der Waals surface area (Å²) in [6.45, 7) is 0.444. The van der Waals surface area contributed by atoms with Crippen LogP contribution in [0.1, 0.15) is 0 Å². The number of para-hydroxylation sites is 2. The highest BCUT2D eigenvalue weighted by Crippen LogP contribution is 2.25. The second kappa shape index (κ2) is 4.06. The van der Waals surface area contributed by atoms with E-state index in [-0.39, 0.29) is 0 Å². The van der Waals surface area contributed by atoms with Crippen molar-refractivity contribution in [1.29, 1.82) is 0 Å². The Kier molecular flexibility index (Phi) is 2.23. The van der Waals surface area contributed by atoms with Gasteiger partial charge in [0, 0.05) is 0 Å². The van der Waals surface area contributed by atoms with Crippen molar-refractivity contribution in [2.75, 3.05) is 6.54 Å². The number of aliphatic imine (C=N–C) groups is 2. The molecule has 0 saturated heterocycles. The molecule has 2 aromatic heterocycles. The number of imidazole rings is 1. The number of nitrogens with two attached hydrogens (primary N) is 1. The fourth-order valence-electron chi connectivity index (χ4n) is 2.33. The molecule has 0 unspecified atom stereocenters. The molecule has 1 aliphatic rings. The Balaban J connectivity index is 2.01. The Bertz CT molecular complexity index is 842. The van der Waals surface area contributed by atoms with Crippen LogP contribution in [0, 0.1) is 0 Å². The summed E-state index contributed by atoms with van der Waals surface area (Å²) in [6, 6.07) is 11.6. The number of aromatic nitrogens is 2. The van der Waals surface area contributed by atoms with Crippen molar-refractivity contribution in [1.82, 2.24) is 9.55 Å². The summed E-state index contributed by atoms with van der Waals surface area (Å²) < 4.78 is 7.41. The Hall–Kier alpha value is -2.89. The van der Waals surface area contributed by atoms with Gasteiger partial charge in [-0.3, -0.25) is 4.57 Å². The summed E-state index contributed by atoms with van der Waals surface area (Å²) in [6.07, 6.45) is 1.63. The highest BCUT2D eigenvalue weighted by Gasteiger charge is 2.20. The van der Waals surface area contributed by atoms with E-state index in [2.05, 4.69) is 15.0 Å². The first kappa shape index (κ1) is 11.0. The molecule has 6 nitrogen and oxygen atoms in total. The predicted molar refractivity (Wildman–Crippen MR) is 76.8 cm³/mol. The van der Waals surface area contributed by atoms with Crippen molar-refractivity contribution in [3.05, 3.63) is 42.7 Å². The first-order chi connectivity index (χ1) is 9.83. The van der Waals surface area contributed by atoms with Crippen LogP contribution in [0.4, 0.5) is 0 Å². The van der Waals surface area contributed by atoms with Crippen LogP contribution in [0.3, 0.4) is 0 Å². The third-order valence-electron chi connectivity index (χ3n) is 3.19. The Labute approximate surface area is 114 Å². The first-order valence-electron chi connectivity index (χ1n) is 6.22. The van der Waals surface area contributed by atoms with Gasteiger partial charge in [-0.1, -0.05) is 12.1 Å². The summed E-state index contributed by atoms with van der Waals surface area (Å²) in [5, 5.41) is 0. The fourth-order valence-corrected chi connectivity index (χ4v) is 2.33. The van der Waals surface area contributed by atoms with Gasteiger partial charge in [0.25, 0.3) is 0 Å². The van der Waals surface area contributed by atoms with Gasteiger partial charge in [0.1, 0.15) is 12.4 Å². The van der Waals surface area contributed by atoms with E-state index in [1.54, 1.807) is 6.26 Å². The molecule has 98 valence electrons. The van der Waals surface area contributed by atoms with Crippen molar-refractivity contribution in [3.8, 4) is 11.6 Å². The van der Waals surface area contributed by atoms with Crippen molar-refractivity contribution in [3.63, 3.8) is 0 Å². The number of furan rings is 1. The maximum atomic E-state index is 5.65. The molecule has 3 heterocycles. The number of nitrogens with zero attached hydrogens (tertiary/aromatic N) is 4. The van der Waals surface area contributed by atoms with Gasteiger partial charge in [-0.05, 0) is 24.3 Å². The van der Waals surface area contributed by atoms with Gasteiger partial charge in [-0.15, -0.1) is 0 Å². The van der Waals surface area contributed by atoms with Crippen LogP contribution in [-0.2, 0) is 0 Å². The highest BCUT2D eigenvalue weighted by molar-refractivity contribution is 6.07. The minimum Gasteiger partial charge on any atom is -0.461 e. The third-order valence-corrected chi connectivity index (χ3v) is 3.19. The zero-order valence-electron chi connectivity index (χ0n) is 10.5. The van der Waals surface area contributed by atoms with E-state index < -0.39 is 0 Å². The van der Waals surface area contributed by atoms with Crippen LogP contribution >= 0.6 is 0 Å². The molecule has 0 atom stereocenters. The van der Waals surface area contributed by atoms with Gasteiger partial charge in [-0.25, -0.2) is 9.98 Å². The van der Waals surface area contributed by atoms with Crippen molar-refractivity contribution < 1.29 is 4.42 Å². The molecule has 1 aliphatic heterocycles. The molecule has 0 radical (unpaired) electrons. The molecule has 0 spiro atoms. The number of hydrogen-bond donors (Lipinski definition) is 1. The molecule has 0 fully saturated rings. The average Bonchev–Trinajstić information content (AvgIpc) is 3.16. The van der Waals surface area contributed by atoms with Crippen LogP contribution in [0.25, 0.3) is 22.6 Å². The SMILES string of the molecule is NC1=NCC(n2c(-c3ccco3)nc3ccccc32)=N1. The van der Waals surface area contributed by atoms with Crippen LogP contribution in [0.5, 0.6) is 0 Å². The molecule has 3 aromatic rings. The molecular weight excluding hydrogens is 254 g/mol. The third kappa shape index (κ3) is 1.55. The second-order valence-electron chi connectivity index (χ2n) is 4.44. The van der Waals surface area contributed by atoms with Gasteiger partial charge in [-0.2, -0.15) is 4.99 Å². The van der Waals surface area contributed by atoms with Crippen LogP contribution < -0.4 is 5.73 Å². The molecule has 0 aliphatic carbocycles. The van der Waals surface area contributed by atoms with E-state index in [1.165, 1.54) is 0 Å². The van der Waals surface area contributed by atoms with Crippen LogP contribution in [-0.4, -0.2) is 27.9 Å². The first-order valence-corrected chi connectivity index (χ1v) is 6.22. The minimum absolute atomic E-state index is 0.295. The molecule has 1 aromatic carbocycles. The molecule has 6 heteroatoms. The maximum Gasteiger partial charge on any atom is 0.217 e. The Morgan fingerprint density at radius 3 is 2.80 bits per heavy atom. The van der Waals surface area contributed by atoms with E-state index in [4.69, 9.17) is 10.2 Å². The summed E-state index contributed by atoms with van der Waals surface area (Å²) >= 11 is 0. The van der Waals surface area contributed by atoms with E-state index >= 15 is 0 Å². The number of rotatable bonds is 1. The van der Waals surface area contributed by atoms with Crippen molar-refractivity contribution >= 4 is 22.8 Å². The van der Waals surface area contributed by atoms with E-state index in [9.17, 15) is 0 Å². The number of guanidine groups is 1. The number of hydrogen-bond acceptors (Lipinski definition) is 5. The van der Waals surface area contributed by atoms with Crippen molar-refractivity contribution in [2.24, 2.45) is 15.7 Å². The van der Waals surface area contributed by atoms with E-state index in [0.29, 0.717) is 24.1 Å². The summed E-state index contributed by atoms with van der Waals surface area (Å²) in [5.74, 6) is 2.44. The van der Waals surface area contributed by atoms with Gasteiger partial charge >= 0.3 is 0 Å². The average molecular weight is 265 g/mol. The molecule has 2 N–H and O–H groups in total. The van der Waals surface area contributed by atoms with Crippen LogP contribution in [0.15, 0.2) is 57.1 Å². The van der Waals surface area contributed by atoms with E-state index in [0.717, 1.165) is 16.9 Å². The van der Waals surface area contributed by atoms with E-state index in [1.807, 2.05) is 41.0 Å². The molecule has 4 rings (SSSR count). The van der Waals surface area contributed by atoms with Gasteiger partial charge in [0.2, 0.25) is 5.96 Å². The van der Waals surface area contributed by atoms with Crippen molar-refractivity contribution in [2.45, 2.75) is 0 Å². The summed E-state index contributed by atoms with van der Waals surface area (Å²) in [4.78, 5) is 13.0. The lowest BCUT2D eigenvalue weighted by atomic mass is 10.3. The zero-order valence-corrected chi connectivity index (χ0v) is 10.5. The molecular formula is C14H11N5O. The smallest absolute Gasteiger partial charge is 0.217 e. The summed E-state index contributed by atoms with van der Waals surface area (Å²) in [5.41, 5.74) is 7.49. The maximum absolute atomic E-state index is 5.65. The lowest BCUT2D eigenvalue weighted by Crippen LogP contribution is -2.15. The molecule has 20 heavy (non-hydrogen) atoms. The zero-order chi connectivity index (χ0) is 13.5. The standard InChI is InChI=1S/C14H11N5O/c15-14-16-8-12(18-14)19-10-5-2-1-4-9(10)17-13(19)11-6-3-7-20-11/h1-7H,8H2,(H2,15,16). The fraction of sp³-hybridized carbons (Fsp3) is 0.0714. The van der Waals surface area contributed by atoms with Gasteiger partial charge in [0.05, 0.1) is 17.3 Å². The molecule has 0 saturated carbocycles. The normalized spacial score (nSPS) is 14.6. The predicted octanol–water partition coefficient (Wildman–Crippen LogP) is 1.87. The Morgan fingerprint density at radius 2 is 2.05 bits per heavy atom. The number of benzene rings is 1. The number of fused-ring (bicyclic) bond motifs is 1. The monoisotopic (exact) mass is 265 g/mol. The summed E-state index contributed by atoms with van der Waals surface area (Å²) in [7, 11) is 0. The van der Waals surface area contributed by atoms with Gasteiger partial charge in [0.15, 0.2) is 11.6 Å². The lowest BCUT2D eigenvalue weighted by molar-refractivity contribution is 0.577. The minimum atomic E-state index is 0.295.